The molecule has 1 aliphatic heterocycles. The number of anilines is 1. The van der Waals surface area contributed by atoms with Crippen LogP contribution in [0, 0.1) is 0 Å². The van der Waals surface area contributed by atoms with Crippen LogP contribution in [0.15, 0.2) is 46.0 Å². The third kappa shape index (κ3) is 4.60. The Hall–Kier alpha value is -2.54. The van der Waals surface area contributed by atoms with Gasteiger partial charge in [-0.2, -0.15) is 5.10 Å². The smallest absolute Gasteiger partial charge is 0.271 e. The molecule has 1 saturated heterocycles. The van der Waals surface area contributed by atoms with Crippen LogP contribution in [0.25, 0.3) is 0 Å². The number of nitrogens with zero attached hydrogens (tertiary/aromatic N) is 2. The quantitative estimate of drug-likeness (QED) is 0.557. The summed E-state index contributed by atoms with van der Waals surface area (Å²) in [4.78, 5) is 14.6. The van der Waals surface area contributed by atoms with Gasteiger partial charge in [0.25, 0.3) is 5.91 Å². The van der Waals surface area contributed by atoms with E-state index in [2.05, 4.69) is 31.4 Å². The molecule has 0 bridgehead atoms. The van der Waals surface area contributed by atoms with Crippen molar-refractivity contribution < 1.29 is 14.3 Å². The maximum absolute atomic E-state index is 12.3. The minimum absolute atomic E-state index is 0.259. The summed E-state index contributed by atoms with van der Waals surface area (Å²) in [7, 11) is 3.16. The van der Waals surface area contributed by atoms with E-state index >= 15 is 0 Å². The summed E-state index contributed by atoms with van der Waals surface area (Å²) >= 11 is 3.43. The fourth-order valence-electron chi connectivity index (χ4n) is 3.01. The van der Waals surface area contributed by atoms with Crippen LogP contribution in [0.3, 0.4) is 0 Å². The molecule has 0 radical (unpaired) electrons. The zero-order valence-corrected chi connectivity index (χ0v) is 17.0. The number of nitrogens with one attached hydrogen (secondary N) is 1. The summed E-state index contributed by atoms with van der Waals surface area (Å²) in [5.41, 5.74) is 4.99. The van der Waals surface area contributed by atoms with Gasteiger partial charge in [-0.05, 0) is 59.1 Å². The Balaban J connectivity index is 1.65. The number of ether oxygens (including phenoxy) is 2. The van der Waals surface area contributed by atoms with Gasteiger partial charge in [0, 0.05) is 36.0 Å². The van der Waals surface area contributed by atoms with Crippen molar-refractivity contribution >= 4 is 33.7 Å². The van der Waals surface area contributed by atoms with Crippen molar-refractivity contribution in [2.75, 3.05) is 32.2 Å². The standard InChI is InChI=1S/C20H22BrN3O3/c1-26-18-12-19(27-2)17(21)11-15(18)13-22-23-20(25)14-5-7-16(8-6-14)24-9-3-4-10-24/h5-8,11-13H,3-4,9-10H2,1-2H3,(H,23,25)/b22-13-. The number of carbonyl (C=O) groups is 1. The van der Waals surface area contributed by atoms with Gasteiger partial charge in [-0.25, -0.2) is 5.43 Å². The first kappa shape index (κ1) is 19.2. The van der Waals surface area contributed by atoms with E-state index in [0.29, 0.717) is 17.1 Å². The molecule has 0 unspecified atom stereocenters. The van der Waals surface area contributed by atoms with Gasteiger partial charge < -0.3 is 14.4 Å². The van der Waals surface area contributed by atoms with Crippen molar-refractivity contribution in [3.63, 3.8) is 0 Å². The lowest BCUT2D eigenvalue weighted by atomic mass is 10.2. The molecule has 27 heavy (non-hydrogen) atoms. The van der Waals surface area contributed by atoms with E-state index in [1.807, 2.05) is 30.3 Å². The molecule has 1 N–H and O–H groups in total. The van der Waals surface area contributed by atoms with Crippen LogP contribution in [-0.4, -0.2) is 39.4 Å². The Bertz CT molecular complexity index is 831. The molecule has 0 atom stereocenters. The Morgan fingerprint density at radius 3 is 2.41 bits per heavy atom. The van der Waals surface area contributed by atoms with Crippen molar-refractivity contribution in [3.05, 3.63) is 52.0 Å². The molecule has 6 nitrogen and oxygen atoms in total. The lowest BCUT2D eigenvalue weighted by Gasteiger charge is -2.17. The number of benzene rings is 2. The molecule has 142 valence electrons. The second-order valence-corrected chi connectivity index (χ2v) is 7.02. The molecule has 1 amide bonds. The number of hydrazone groups is 1. The van der Waals surface area contributed by atoms with E-state index < -0.39 is 0 Å². The van der Waals surface area contributed by atoms with Crippen LogP contribution >= 0.6 is 15.9 Å². The van der Waals surface area contributed by atoms with Gasteiger partial charge in [-0.1, -0.05) is 0 Å². The summed E-state index contributed by atoms with van der Waals surface area (Å²) in [5.74, 6) is 1.000. The molecular weight excluding hydrogens is 410 g/mol. The highest BCUT2D eigenvalue weighted by molar-refractivity contribution is 9.10. The Kier molecular flexibility index (Phi) is 6.34. The SMILES string of the molecule is COc1cc(OC)c(/C=N\NC(=O)c2ccc(N3CCCC3)cc2)cc1Br. The van der Waals surface area contributed by atoms with Gasteiger partial charge in [0.05, 0.1) is 24.9 Å². The number of amides is 1. The summed E-state index contributed by atoms with van der Waals surface area (Å²) in [6.45, 7) is 2.16. The van der Waals surface area contributed by atoms with Gasteiger partial charge in [0.15, 0.2) is 0 Å². The average Bonchev–Trinajstić information content (AvgIpc) is 3.23. The third-order valence-corrected chi connectivity index (χ3v) is 5.09. The van der Waals surface area contributed by atoms with Gasteiger partial charge in [0.2, 0.25) is 0 Å². The van der Waals surface area contributed by atoms with E-state index in [9.17, 15) is 4.79 Å². The topological polar surface area (TPSA) is 63.2 Å². The van der Waals surface area contributed by atoms with E-state index in [0.717, 1.165) is 28.8 Å². The van der Waals surface area contributed by atoms with E-state index in [1.54, 1.807) is 26.5 Å². The molecule has 2 aromatic rings. The normalized spacial score (nSPS) is 13.8. The predicted molar refractivity (Wildman–Crippen MR) is 110 cm³/mol. The van der Waals surface area contributed by atoms with Crippen molar-refractivity contribution in [1.82, 2.24) is 5.43 Å². The predicted octanol–water partition coefficient (Wildman–Crippen LogP) is 3.83. The zero-order valence-electron chi connectivity index (χ0n) is 15.4. The minimum Gasteiger partial charge on any atom is -0.496 e. The lowest BCUT2D eigenvalue weighted by Crippen LogP contribution is -2.19. The highest BCUT2D eigenvalue weighted by Gasteiger charge is 2.13. The third-order valence-electron chi connectivity index (χ3n) is 4.47. The van der Waals surface area contributed by atoms with Crippen molar-refractivity contribution in [2.45, 2.75) is 12.8 Å². The summed E-state index contributed by atoms with van der Waals surface area (Å²) in [5, 5.41) is 4.05. The molecule has 7 heteroatoms. The maximum atomic E-state index is 12.3. The second-order valence-electron chi connectivity index (χ2n) is 6.17. The number of rotatable bonds is 6. The molecule has 1 fully saturated rings. The molecule has 0 spiro atoms. The molecular formula is C20H22BrN3O3. The Labute approximate surface area is 167 Å². The van der Waals surface area contributed by atoms with E-state index in [-0.39, 0.29) is 5.91 Å². The zero-order chi connectivity index (χ0) is 19.2. The molecule has 1 aliphatic rings. The van der Waals surface area contributed by atoms with Gasteiger partial charge in [-0.3, -0.25) is 4.79 Å². The highest BCUT2D eigenvalue weighted by atomic mass is 79.9. The van der Waals surface area contributed by atoms with Gasteiger partial charge in [0.1, 0.15) is 11.5 Å². The van der Waals surface area contributed by atoms with Gasteiger partial charge in [-0.15, -0.1) is 0 Å². The fraction of sp³-hybridized carbons (Fsp3) is 0.300. The molecule has 0 aromatic heterocycles. The molecule has 0 saturated carbocycles. The Morgan fingerprint density at radius 1 is 1.11 bits per heavy atom. The van der Waals surface area contributed by atoms with Crippen molar-refractivity contribution in [1.29, 1.82) is 0 Å². The minimum atomic E-state index is -0.259. The summed E-state index contributed by atoms with van der Waals surface area (Å²) in [6, 6.07) is 11.2. The number of hydrogen-bond acceptors (Lipinski definition) is 5. The average molecular weight is 432 g/mol. The lowest BCUT2D eigenvalue weighted by molar-refractivity contribution is 0.0955. The summed E-state index contributed by atoms with van der Waals surface area (Å²) in [6.07, 6.45) is 3.99. The van der Waals surface area contributed by atoms with Crippen LogP contribution in [0.4, 0.5) is 5.69 Å². The first-order chi connectivity index (χ1) is 13.1. The van der Waals surface area contributed by atoms with E-state index in [4.69, 9.17) is 9.47 Å². The molecule has 0 aliphatic carbocycles. The second kappa shape index (κ2) is 8.90. The first-order valence-corrected chi connectivity index (χ1v) is 9.51. The van der Waals surface area contributed by atoms with Gasteiger partial charge >= 0.3 is 0 Å². The monoisotopic (exact) mass is 431 g/mol. The first-order valence-electron chi connectivity index (χ1n) is 8.72. The van der Waals surface area contributed by atoms with Crippen LogP contribution in [0.2, 0.25) is 0 Å². The summed E-state index contributed by atoms with van der Waals surface area (Å²) < 4.78 is 11.4. The fourth-order valence-corrected chi connectivity index (χ4v) is 3.53. The highest BCUT2D eigenvalue weighted by Crippen LogP contribution is 2.31. The van der Waals surface area contributed by atoms with Crippen LogP contribution in [0.5, 0.6) is 11.5 Å². The number of hydrogen-bond donors (Lipinski definition) is 1. The van der Waals surface area contributed by atoms with Crippen molar-refractivity contribution in [2.24, 2.45) is 5.10 Å². The number of methoxy groups -OCH3 is 2. The van der Waals surface area contributed by atoms with Crippen LogP contribution < -0.4 is 19.8 Å². The molecule has 1 heterocycles. The number of carbonyl (C=O) groups excluding carboxylic acids is 1. The van der Waals surface area contributed by atoms with Crippen LogP contribution in [-0.2, 0) is 0 Å². The van der Waals surface area contributed by atoms with Crippen molar-refractivity contribution in [3.8, 4) is 11.5 Å². The molecule has 3 rings (SSSR count). The Morgan fingerprint density at radius 2 is 1.78 bits per heavy atom. The largest absolute Gasteiger partial charge is 0.496 e. The van der Waals surface area contributed by atoms with Crippen LogP contribution in [0.1, 0.15) is 28.8 Å². The molecule has 2 aromatic carbocycles. The number of halogens is 1. The maximum Gasteiger partial charge on any atom is 0.271 e. The van der Waals surface area contributed by atoms with E-state index in [1.165, 1.54) is 12.8 Å².